The number of furan rings is 1. The molecule has 2 heterocycles. The van der Waals surface area contributed by atoms with Crippen LogP contribution in [-0.4, -0.2) is 17.9 Å². The molecule has 104 valence electrons. The van der Waals surface area contributed by atoms with Gasteiger partial charge in [-0.05, 0) is 31.2 Å². The molecule has 6 heteroatoms. The van der Waals surface area contributed by atoms with Gasteiger partial charge in [0.1, 0.15) is 11.5 Å². The second kappa shape index (κ2) is 4.80. The monoisotopic (exact) mass is 276 g/mol. The molecule has 0 spiro atoms. The van der Waals surface area contributed by atoms with Gasteiger partial charge in [-0.15, -0.1) is 0 Å². The third-order valence-corrected chi connectivity index (χ3v) is 2.90. The molecular weight excluding hydrogens is 264 g/mol. The van der Waals surface area contributed by atoms with Gasteiger partial charge in [-0.2, -0.15) is 0 Å². The second-order valence-corrected chi connectivity index (χ2v) is 4.28. The minimum absolute atomic E-state index is 0.110. The van der Waals surface area contributed by atoms with Crippen LogP contribution < -0.4 is 14.2 Å². The van der Waals surface area contributed by atoms with Crippen molar-refractivity contribution in [1.82, 2.24) is 0 Å². The van der Waals surface area contributed by atoms with Crippen molar-refractivity contribution >= 4 is 5.97 Å². The highest BCUT2D eigenvalue weighted by Gasteiger charge is 2.18. The van der Waals surface area contributed by atoms with E-state index in [0.717, 1.165) is 0 Å². The number of aromatic carboxylic acids is 1. The summed E-state index contributed by atoms with van der Waals surface area (Å²) >= 11 is 0. The molecule has 0 radical (unpaired) electrons. The molecule has 2 aromatic rings. The van der Waals surface area contributed by atoms with Gasteiger partial charge in [-0.1, -0.05) is 0 Å². The molecule has 1 aromatic carbocycles. The van der Waals surface area contributed by atoms with Crippen molar-refractivity contribution in [3.05, 3.63) is 41.9 Å². The van der Waals surface area contributed by atoms with Crippen LogP contribution in [0.4, 0.5) is 0 Å². The molecule has 0 aliphatic carbocycles. The Morgan fingerprint density at radius 3 is 2.80 bits per heavy atom. The van der Waals surface area contributed by atoms with Gasteiger partial charge in [0.15, 0.2) is 17.6 Å². The Morgan fingerprint density at radius 1 is 1.25 bits per heavy atom. The summed E-state index contributed by atoms with van der Waals surface area (Å²) in [5.41, 5.74) is 0. The van der Waals surface area contributed by atoms with Crippen LogP contribution in [0, 0.1) is 0 Å². The molecule has 0 bridgehead atoms. The molecule has 0 saturated carbocycles. The molecule has 0 saturated heterocycles. The number of benzene rings is 1. The summed E-state index contributed by atoms with van der Waals surface area (Å²) in [6, 6.07) is 8.22. The molecule has 1 atom stereocenters. The standard InChI is InChI=1S/C14H12O6/c1-8(10-4-5-12(20-10)14(15)16)19-9-2-3-11-13(6-9)18-7-17-11/h2-6,8H,7H2,1H3,(H,15,16). The number of hydrogen-bond acceptors (Lipinski definition) is 5. The number of carboxylic acid groups (broad SMARTS) is 1. The number of rotatable bonds is 4. The Labute approximate surface area is 114 Å². The van der Waals surface area contributed by atoms with E-state index in [4.69, 9.17) is 23.7 Å². The van der Waals surface area contributed by atoms with Gasteiger partial charge in [0, 0.05) is 6.07 Å². The van der Waals surface area contributed by atoms with Crippen LogP contribution in [0.15, 0.2) is 34.7 Å². The van der Waals surface area contributed by atoms with Gasteiger partial charge in [-0.25, -0.2) is 4.79 Å². The Balaban J connectivity index is 1.74. The zero-order valence-corrected chi connectivity index (χ0v) is 10.7. The van der Waals surface area contributed by atoms with Crippen LogP contribution in [0.1, 0.15) is 29.3 Å². The van der Waals surface area contributed by atoms with Crippen molar-refractivity contribution in [1.29, 1.82) is 0 Å². The van der Waals surface area contributed by atoms with E-state index < -0.39 is 12.1 Å². The molecule has 20 heavy (non-hydrogen) atoms. The van der Waals surface area contributed by atoms with E-state index in [0.29, 0.717) is 23.0 Å². The summed E-state index contributed by atoms with van der Waals surface area (Å²) in [5.74, 6) is 1.12. The fraction of sp³-hybridized carbons (Fsp3) is 0.214. The second-order valence-electron chi connectivity index (χ2n) is 4.28. The molecule has 1 aromatic heterocycles. The zero-order valence-electron chi connectivity index (χ0n) is 10.7. The fourth-order valence-corrected chi connectivity index (χ4v) is 1.90. The minimum atomic E-state index is -1.11. The fourth-order valence-electron chi connectivity index (χ4n) is 1.90. The molecule has 1 unspecified atom stereocenters. The molecule has 6 nitrogen and oxygen atoms in total. The Kier molecular flexibility index (Phi) is 2.98. The normalized spacial score (nSPS) is 14.1. The predicted octanol–water partition coefficient (Wildman–Crippen LogP) is 2.85. The number of carboxylic acids is 1. The number of hydrogen-bond donors (Lipinski definition) is 1. The minimum Gasteiger partial charge on any atom is -0.483 e. The number of ether oxygens (including phenoxy) is 3. The highest BCUT2D eigenvalue weighted by molar-refractivity contribution is 5.84. The van der Waals surface area contributed by atoms with E-state index in [1.165, 1.54) is 6.07 Å². The van der Waals surface area contributed by atoms with Gasteiger partial charge < -0.3 is 23.7 Å². The summed E-state index contributed by atoms with van der Waals surface area (Å²) in [5, 5.41) is 8.81. The zero-order chi connectivity index (χ0) is 14.1. The summed E-state index contributed by atoms with van der Waals surface area (Å²) in [6.07, 6.45) is -0.413. The predicted molar refractivity (Wildman–Crippen MR) is 67.3 cm³/mol. The molecule has 1 aliphatic heterocycles. The van der Waals surface area contributed by atoms with Crippen LogP contribution in [0.25, 0.3) is 0 Å². The SMILES string of the molecule is CC(Oc1ccc2c(c1)OCO2)c1ccc(C(=O)O)o1. The van der Waals surface area contributed by atoms with Crippen molar-refractivity contribution in [2.45, 2.75) is 13.0 Å². The first-order valence-electron chi connectivity index (χ1n) is 6.03. The maximum Gasteiger partial charge on any atom is 0.371 e. The van der Waals surface area contributed by atoms with Crippen molar-refractivity contribution in [3.63, 3.8) is 0 Å². The topological polar surface area (TPSA) is 78.1 Å². The number of fused-ring (bicyclic) bond motifs is 1. The first-order valence-corrected chi connectivity index (χ1v) is 6.03. The third kappa shape index (κ3) is 2.27. The lowest BCUT2D eigenvalue weighted by molar-refractivity contribution is 0.0655. The van der Waals surface area contributed by atoms with Crippen LogP contribution >= 0.6 is 0 Å². The van der Waals surface area contributed by atoms with E-state index in [1.54, 1.807) is 31.2 Å². The van der Waals surface area contributed by atoms with Crippen molar-refractivity contribution in [2.24, 2.45) is 0 Å². The summed E-state index contributed by atoms with van der Waals surface area (Å²) < 4.78 is 21.4. The van der Waals surface area contributed by atoms with Gasteiger partial charge in [-0.3, -0.25) is 0 Å². The van der Waals surface area contributed by atoms with Crippen LogP contribution in [-0.2, 0) is 0 Å². The molecule has 0 fully saturated rings. The molecule has 0 amide bonds. The lowest BCUT2D eigenvalue weighted by Crippen LogP contribution is -2.02. The first-order chi connectivity index (χ1) is 9.63. The largest absolute Gasteiger partial charge is 0.483 e. The van der Waals surface area contributed by atoms with E-state index in [2.05, 4.69) is 0 Å². The molecule has 1 N–H and O–H groups in total. The summed E-state index contributed by atoms with van der Waals surface area (Å²) in [7, 11) is 0. The first kappa shape index (κ1) is 12.4. The van der Waals surface area contributed by atoms with Gasteiger partial charge >= 0.3 is 5.97 Å². The summed E-state index contributed by atoms with van der Waals surface area (Å²) in [4.78, 5) is 10.8. The van der Waals surface area contributed by atoms with E-state index in [-0.39, 0.29) is 12.6 Å². The summed E-state index contributed by atoms with van der Waals surface area (Å²) in [6.45, 7) is 1.98. The van der Waals surface area contributed by atoms with Crippen molar-refractivity contribution in [3.8, 4) is 17.2 Å². The van der Waals surface area contributed by atoms with Gasteiger partial charge in [0.25, 0.3) is 0 Å². The van der Waals surface area contributed by atoms with Gasteiger partial charge in [0.2, 0.25) is 12.6 Å². The Hall–Kier alpha value is -2.63. The highest BCUT2D eigenvalue weighted by Crippen LogP contribution is 2.36. The molecule has 3 rings (SSSR count). The van der Waals surface area contributed by atoms with Crippen LogP contribution in [0.3, 0.4) is 0 Å². The lowest BCUT2D eigenvalue weighted by Gasteiger charge is -2.12. The van der Waals surface area contributed by atoms with Crippen LogP contribution in [0.2, 0.25) is 0 Å². The maximum absolute atomic E-state index is 10.8. The average molecular weight is 276 g/mol. The Bertz CT molecular complexity index is 645. The van der Waals surface area contributed by atoms with E-state index in [1.807, 2.05) is 0 Å². The molecule has 1 aliphatic rings. The lowest BCUT2D eigenvalue weighted by atomic mass is 10.2. The molecular formula is C14H12O6. The smallest absolute Gasteiger partial charge is 0.371 e. The Morgan fingerprint density at radius 2 is 2.05 bits per heavy atom. The number of carbonyl (C=O) groups is 1. The van der Waals surface area contributed by atoms with Gasteiger partial charge in [0.05, 0.1) is 0 Å². The third-order valence-electron chi connectivity index (χ3n) is 2.90. The quantitative estimate of drug-likeness (QED) is 0.925. The van der Waals surface area contributed by atoms with E-state index in [9.17, 15) is 4.79 Å². The van der Waals surface area contributed by atoms with Crippen LogP contribution in [0.5, 0.6) is 17.2 Å². The van der Waals surface area contributed by atoms with Crippen molar-refractivity contribution < 1.29 is 28.5 Å². The van der Waals surface area contributed by atoms with E-state index >= 15 is 0 Å². The van der Waals surface area contributed by atoms with Crippen molar-refractivity contribution in [2.75, 3.05) is 6.79 Å². The highest BCUT2D eigenvalue weighted by atomic mass is 16.7. The maximum atomic E-state index is 10.8. The average Bonchev–Trinajstić information content (AvgIpc) is 3.07.